The number of methoxy groups -OCH3 is 3. The summed E-state index contributed by atoms with van der Waals surface area (Å²) in [4.78, 5) is 58.9. The van der Waals surface area contributed by atoms with Gasteiger partial charge >= 0.3 is 5.97 Å². The zero-order valence-corrected chi connectivity index (χ0v) is 37.4. The van der Waals surface area contributed by atoms with Crippen molar-refractivity contribution >= 4 is 23.4 Å². The van der Waals surface area contributed by atoms with Gasteiger partial charge in [-0.2, -0.15) is 0 Å². The van der Waals surface area contributed by atoms with Crippen LogP contribution >= 0.6 is 0 Å². The largest absolute Gasteiger partial charge is 0.456 e. The molecule has 14 atom stereocenters. The molecule has 328 valence electrons. The quantitative estimate of drug-likeness (QED) is 0.158. The number of ether oxygens (including phenoxy) is 5. The number of nitrogens with zero attached hydrogens (tertiary/aromatic N) is 1. The molecule has 11 heteroatoms. The van der Waals surface area contributed by atoms with Crippen LogP contribution in [0.1, 0.15) is 126 Å². The zero-order chi connectivity index (χ0) is 43.1. The standard InChI is InChI=1S/C47H75NO10/c1-13-16-35-22-28(2)21-29(3)23-40(55-11)47(9)41(56-12)25-32(6)46(8,58-47)43(51)44(52)48-20-15-14-17-36(48)45(53)57-42(33(7)37(49)27-38(35)50)31(5)24-34-19-18-30(4)39(26-34)54-10/h13,22,24,29-30,32-37,39-42,49H,1,14-21,23,25-27H2,2-12H3/b28-22+,31-24+/t29-,30+,32+,33+,34-,35+,36-,37-,39+,40-,41-,42+,46+,47+/m0/s1. The fourth-order valence-electron chi connectivity index (χ4n) is 10.3. The van der Waals surface area contributed by atoms with E-state index in [9.17, 15) is 24.3 Å². The highest BCUT2D eigenvalue weighted by atomic mass is 16.6. The van der Waals surface area contributed by atoms with Gasteiger partial charge in [-0.1, -0.05) is 51.5 Å². The highest BCUT2D eigenvalue weighted by Crippen LogP contribution is 2.46. The molecule has 1 aliphatic carbocycles. The Bertz CT molecular complexity index is 1520. The van der Waals surface area contributed by atoms with Crippen molar-refractivity contribution in [2.75, 3.05) is 27.9 Å². The summed E-state index contributed by atoms with van der Waals surface area (Å²) in [6, 6.07) is -1.01. The number of esters is 1. The molecule has 58 heavy (non-hydrogen) atoms. The average Bonchev–Trinajstić information content (AvgIpc) is 3.19. The molecule has 11 nitrogen and oxygen atoms in total. The monoisotopic (exact) mass is 814 g/mol. The first kappa shape index (κ1) is 48.0. The molecule has 1 amide bonds. The Morgan fingerprint density at radius 3 is 2.26 bits per heavy atom. The van der Waals surface area contributed by atoms with Gasteiger partial charge in [0, 0.05) is 46.1 Å². The van der Waals surface area contributed by atoms with Crippen molar-refractivity contribution in [2.45, 2.75) is 174 Å². The molecule has 2 bridgehead atoms. The molecular formula is C47H75NO10. The molecule has 4 rings (SSSR count). The Morgan fingerprint density at radius 1 is 0.948 bits per heavy atom. The van der Waals surface area contributed by atoms with Gasteiger partial charge in [0.1, 0.15) is 29.1 Å². The maximum Gasteiger partial charge on any atom is 0.329 e. The lowest BCUT2D eigenvalue weighted by atomic mass is 9.72. The predicted molar refractivity (Wildman–Crippen MR) is 224 cm³/mol. The second kappa shape index (κ2) is 20.7. The Labute approximate surface area is 348 Å². The number of Topliss-reactive ketones (excluding diaryl/α,β-unsaturated/α-hetero) is 2. The number of aliphatic hydroxyl groups excluding tert-OH is 1. The van der Waals surface area contributed by atoms with Crippen LogP contribution in [0, 0.1) is 35.5 Å². The number of cyclic esters (lactones) is 1. The smallest absolute Gasteiger partial charge is 0.329 e. The maximum atomic E-state index is 14.6. The number of piperidine rings is 1. The van der Waals surface area contributed by atoms with E-state index in [4.69, 9.17) is 23.7 Å². The topological polar surface area (TPSA) is 138 Å². The number of hydrogen-bond acceptors (Lipinski definition) is 10. The van der Waals surface area contributed by atoms with Crippen LogP contribution in [-0.4, -0.2) is 109 Å². The number of aliphatic hydroxyl groups is 1. The van der Waals surface area contributed by atoms with Gasteiger partial charge in [-0.15, -0.1) is 6.58 Å². The lowest BCUT2D eigenvalue weighted by Crippen LogP contribution is -2.68. The van der Waals surface area contributed by atoms with Crippen molar-refractivity contribution in [3.8, 4) is 0 Å². The molecule has 0 aromatic carbocycles. The number of rotatable bonds is 7. The minimum Gasteiger partial charge on any atom is -0.456 e. The van der Waals surface area contributed by atoms with Gasteiger partial charge in [-0.3, -0.25) is 14.4 Å². The highest BCUT2D eigenvalue weighted by molar-refractivity contribution is 6.39. The Kier molecular flexibility index (Phi) is 17.1. The first-order valence-electron chi connectivity index (χ1n) is 21.9. The van der Waals surface area contributed by atoms with Gasteiger partial charge in [0.05, 0.1) is 24.4 Å². The summed E-state index contributed by atoms with van der Waals surface area (Å²) in [7, 11) is 4.98. The number of hydrogen-bond donors (Lipinski definition) is 1. The van der Waals surface area contributed by atoms with E-state index in [1.54, 1.807) is 41.3 Å². The number of allylic oxidation sites excluding steroid dienone is 4. The molecule has 1 N–H and O–H groups in total. The van der Waals surface area contributed by atoms with Crippen LogP contribution in [0.2, 0.25) is 0 Å². The number of ketones is 2. The summed E-state index contributed by atoms with van der Waals surface area (Å²) in [5, 5.41) is 11.8. The molecule has 0 unspecified atom stereocenters. The Morgan fingerprint density at radius 2 is 1.62 bits per heavy atom. The van der Waals surface area contributed by atoms with E-state index < -0.39 is 77.1 Å². The van der Waals surface area contributed by atoms with Crippen LogP contribution in [0.4, 0.5) is 0 Å². The van der Waals surface area contributed by atoms with Crippen molar-refractivity contribution < 1.29 is 48.0 Å². The van der Waals surface area contributed by atoms with Crippen molar-refractivity contribution in [1.82, 2.24) is 4.90 Å². The van der Waals surface area contributed by atoms with Crippen LogP contribution in [0.25, 0.3) is 0 Å². The van der Waals surface area contributed by atoms with Crippen molar-refractivity contribution in [2.24, 2.45) is 35.5 Å². The minimum atomic E-state index is -1.53. The van der Waals surface area contributed by atoms with Gasteiger partial charge in [0.15, 0.2) is 0 Å². The van der Waals surface area contributed by atoms with Gasteiger partial charge < -0.3 is 33.7 Å². The van der Waals surface area contributed by atoms with Gasteiger partial charge in [-0.05, 0) is 121 Å². The first-order chi connectivity index (χ1) is 27.3. The summed E-state index contributed by atoms with van der Waals surface area (Å²) >= 11 is 0. The van der Waals surface area contributed by atoms with Gasteiger partial charge in [0.2, 0.25) is 0 Å². The molecule has 0 aromatic heterocycles. The zero-order valence-electron chi connectivity index (χ0n) is 37.4. The average molecular weight is 814 g/mol. The van der Waals surface area contributed by atoms with Gasteiger partial charge in [0.25, 0.3) is 11.7 Å². The van der Waals surface area contributed by atoms with Crippen molar-refractivity contribution in [3.05, 3.63) is 36.0 Å². The van der Waals surface area contributed by atoms with E-state index >= 15 is 0 Å². The third-order valence-corrected chi connectivity index (χ3v) is 14.2. The molecule has 1 saturated carbocycles. The van der Waals surface area contributed by atoms with Crippen molar-refractivity contribution in [1.29, 1.82) is 0 Å². The van der Waals surface area contributed by atoms with Crippen molar-refractivity contribution in [3.63, 3.8) is 0 Å². The van der Waals surface area contributed by atoms with E-state index in [-0.39, 0.29) is 36.7 Å². The molecular weight excluding hydrogens is 739 g/mol. The van der Waals surface area contributed by atoms with Crippen LogP contribution in [0.3, 0.4) is 0 Å². The molecule has 4 aliphatic rings. The van der Waals surface area contributed by atoms with E-state index in [1.807, 2.05) is 33.8 Å². The molecule has 3 aliphatic heterocycles. The predicted octanol–water partition coefficient (Wildman–Crippen LogP) is 7.37. The second-order valence-electron chi connectivity index (χ2n) is 18.7. The van der Waals surface area contributed by atoms with E-state index in [2.05, 4.69) is 26.5 Å². The molecule has 0 aromatic rings. The first-order valence-corrected chi connectivity index (χ1v) is 21.9. The third kappa shape index (κ3) is 10.8. The Hall–Kier alpha value is -2.70. The van der Waals surface area contributed by atoms with Crippen LogP contribution in [-0.2, 0) is 42.9 Å². The summed E-state index contributed by atoms with van der Waals surface area (Å²) in [6.07, 6.45) is 9.35. The van der Waals surface area contributed by atoms with E-state index in [1.165, 1.54) is 4.90 Å². The molecule has 2 saturated heterocycles. The lowest BCUT2D eigenvalue weighted by Gasteiger charge is -2.54. The SMILES string of the molecule is C=CC[C@@H]1/C=C(\C)C[C@H](C)C[C@H](OC)[C@@]2(C)O[C@@](C)(C(=O)C(=O)N3CCCC[C@H]3C(=O)O[C@H](/C(C)=C/[C@@H]3CC[C@@H](C)[C@H](OC)C3)[C@H](C)[C@@H](O)CC1=O)[C@H](C)C[C@@H]2OC. The molecule has 3 heterocycles. The molecule has 0 radical (unpaired) electrons. The number of carbonyl (C=O) groups excluding carboxylic acids is 4. The number of amides is 1. The lowest BCUT2D eigenvalue weighted by molar-refractivity contribution is -0.276. The molecule has 3 fully saturated rings. The van der Waals surface area contributed by atoms with Gasteiger partial charge in [-0.25, -0.2) is 4.79 Å². The number of carbonyl (C=O) groups is 4. The summed E-state index contributed by atoms with van der Waals surface area (Å²) in [5.74, 6) is -3.09. The maximum absolute atomic E-state index is 14.6. The highest BCUT2D eigenvalue weighted by Gasteiger charge is 2.59. The summed E-state index contributed by atoms with van der Waals surface area (Å²) in [5.41, 5.74) is -0.839. The third-order valence-electron chi connectivity index (χ3n) is 14.2. The second-order valence-corrected chi connectivity index (χ2v) is 18.7. The fraction of sp³-hybridized carbons (Fsp3) is 0.787. The normalized spacial score (nSPS) is 41.8. The minimum absolute atomic E-state index is 0.0839. The van der Waals surface area contributed by atoms with E-state index in [0.717, 1.165) is 30.4 Å². The van der Waals surface area contributed by atoms with Crippen LogP contribution in [0.5, 0.6) is 0 Å². The summed E-state index contributed by atoms with van der Waals surface area (Å²) in [6.45, 7) is 19.6. The van der Waals surface area contributed by atoms with Crippen LogP contribution in [0.15, 0.2) is 36.0 Å². The number of fused-ring (bicyclic) bond motifs is 3. The molecule has 0 spiro atoms. The summed E-state index contributed by atoms with van der Waals surface area (Å²) < 4.78 is 31.2. The fourth-order valence-corrected chi connectivity index (χ4v) is 10.3. The Balaban J connectivity index is 1.80. The van der Waals surface area contributed by atoms with E-state index in [0.29, 0.717) is 50.9 Å². The van der Waals surface area contributed by atoms with Crippen LogP contribution < -0.4 is 0 Å².